The number of aryl methyl sites for hydroxylation is 2. The maximum Gasteiger partial charge on any atom is 0.333 e. The van der Waals surface area contributed by atoms with Gasteiger partial charge in [-0.05, 0) is 73.8 Å². The smallest absolute Gasteiger partial charge is 0.277 e. The third kappa shape index (κ3) is 4.91. The van der Waals surface area contributed by atoms with E-state index in [9.17, 15) is 17.8 Å². The van der Waals surface area contributed by atoms with Crippen molar-refractivity contribution in [2.75, 3.05) is 6.26 Å². The van der Waals surface area contributed by atoms with Gasteiger partial charge in [0, 0.05) is 36.1 Å². The minimum absolute atomic E-state index is 0.114. The van der Waals surface area contributed by atoms with Crippen LogP contribution in [0.2, 0.25) is 5.02 Å². The highest BCUT2D eigenvalue weighted by Crippen LogP contribution is 2.56. The van der Waals surface area contributed by atoms with Crippen molar-refractivity contribution >= 4 is 21.3 Å². The molecule has 2 aliphatic rings. The fraction of sp³-hybridized carbons (Fsp3) is 0.357. The van der Waals surface area contributed by atoms with E-state index in [1.165, 1.54) is 37.1 Å². The number of hydrogen-bond acceptors (Lipinski definition) is 6. The molecule has 0 aliphatic heterocycles. The molecule has 0 amide bonds. The second kappa shape index (κ2) is 10.3. The Bertz CT molecular complexity index is 1930. The van der Waals surface area contributed by atoms with Gasteiger partial charge in [0.1, 0.15) is 10.7 Å². The number of alkyl halides is 2. The van der Waals surface area contributed by atoms with Crippen molar-refractivity contribution in [3.63, 3.8) is 0 Å². The highest BCUT2D eigenvalue weighted by molar-refractivity contribution is 7.92. The van der Waals surface area contributed by atoms with Crippen molar-refractivity contribution in [1.82, 2.24) is 24.3 Å². The summed E-state index contributed by atoms with van der Waals surface area (Å²) in [4.78, 5) is 21.6. The zero-order chi connectivity index (χ0) is 30.1. The molecule has 4 aromatic heterocycles. The Morgan fingerprint density at radius 2 is 1.86 bits per heavy atom. The molecule has 2 aliphatic carbocycles. The molecule has 0 bridgehead atoms. The number of pyridine rings is 3. The van der Waals surface area contributed by atoms with E-state index in [-0.39, 0.29) is 44.9 Å². The van der Waals surface area contributed by atoms with Gasteiger partial charge in [0.2, 0.25) is 0 Å². The van der Waals surface area contributed by atoms with Crippen LogP contribution >= 0.6 is 11.6 Å². The minimum atomic E-state index is -3.17. The van der Waals surface area contributed by atoms with Gasteiger partial charge >= 0.3 is 6.55 Å². The second-order valence-electron chi connectivity index (χ2n) is 10.7. The topological polar surface area (TPSA) is 95.0 Å². The second-order valence-corrected chi connectivity index (χ2v) is 13.3. The van der Waals surface area contributed by atoms with Gasteiger partial charge in [-0.25, -0.2) is 27.0 Å². The molecular formula is C28H25ClF4N6O2S. The Hall–Kier alpha value is -3.58. The zero-order valence-electron chi connectivity index (χ0n) is 22.7. The Kier molecular flexibility index (Phi) is 7.00. The van der Waals surface area contributed by atoms with E-state index in [2.05, 4.69) is 19.4 Å². The van der Waals surface area contributed by atoms with E-state index in [0.29, 0.717) is 33.5 Å². The first-order valence-electron chi connectivity index (χ1n) is 13.1. The standard InChI is InChI=1S/C28H25ClF4N6O2S/c1-13-10-35-24(17-6-7-34-26(22(17)30)42(3,41)37-16-4-5-16)23(31)25(13)39-14(2)8-20(21(29)27(39)40)19-9-18(19)15-11-36-38(12-15)28(32)33/h6-8,10-12,16,18-19,28H,4-5,9H2,1-3H3/t18?,19-,42?/m1/s1. The molecule has 0 saturated heterocycles. The van der Waals surface area contributed by atoms with Crippen LogP contribution in [0.15, 0.2) is 51.1 Å². The third-order valence-electron chi connectivity index (χ3n) is 7.57. The van der Waals surface area contributed by atoms with Crippen molar-refractivity contribution in [3.8, 4) is 16.9 Å². The van der Waals surface area contributed by atoms with Crippen LogP contribution in [0.25, 0.3) is 16.9 Å². The Morgan fingerprint density at radius 3 is 2.52 bits per heavy atom. The first kappa shape index (κ1) is 28.5. The molecule has 14 heteroatoms. The molecule has 0 aromatic carbocycles. The predicted molar refractivity (Wildman–Crippen MR) is 149 cm³/mol. The summed E-state index contributed by atoms with van der Waals surface area (Å²) in [5, 5.41) is 3.17. The first-order valence-corrected chi connectivity index (χ1v) is 15.4. The highest BCUT2D eigenvalue weighted by Gasteiger charge is 2.42. The molecule has 8 nitrogen and oxygen atoms in total. The van der Waals surface area contributed by atoms with Gasteiger partial charge in [0.05, 0.1) is 27.7 Å². The highest BCUT2D eigenvalue weighted by atomic mass is 35.5. The first-order chi connectivity index (χ1) is 19.9. The molecule has 0 radical (unpaired) electrons. The van der Waals surface area contributed by atoms with Crippen LogP contribution < -0.4 is 5.56 Å². The summed E-state index contributed by atoms with van der Waals surface area (Å²) < 4.78 is 76.9. The number of nitrogens with zero attached hydrogens (tertiary/aromatic N) is 6. The molecule has 0 N–H and O–H groups in total. The van der Waals surface area contributed by atoms with Crippen molar-refractivity contribution in [3.05, 3.63) is 86.3 Å². The summed E-state index contributed by atoms with van der Waals surface area (Å²) in [7, 11) is -3.17. The van der Waals surface area contributed by atoms with E-state index in [1.807, 2.05) is 0 Å². The van der Waals surface area contributed by atoms with Crippen molar-refractivity contribution < 1.29 is 21.8 Å². The summed E-state index contributed by atoms with van der Waals surface area (Å²) in [5.74, 6) is -2.30. The number of aromatic nitrogens is 5. The average Bonchev–Trinajstić information content (AvgIpc) is 3.86. The van der Waals surface area contributed by atoms with E-state index in [4.69, 9.17) is 11.6 Å². The summed E-state index contributed by atoms with van der Waals surface area (Å²) in [6.07, 6.45) is 8.60. The number of rotatable bonds is 7. The normalized spacial score (nSPS) is 19.6. The van der Waals surface area contributed by atoms with Crippen molar-refractivity contribution in [2.24, 2.45) is 4.36 Å². The summed E-state index contributed by atoms with van der Waals surface area (Å²) in [6.45, 7) is 0.413. The summed E-state index contributed by atoms with van der Waals surface area (Å²) in [6, 6.07) is 2.78. The third-order valence-corrected chi connectivity index (χ3v) is 9.65. The summed E-state index contributed by atoms with van der Waals surface area (Å²) in [5.41, 5.74) is 0.309. The molecular weight excluding hydrogens is 596 g/mol. The maximum atomic E-state index is 16.2. The Morgan fingerprint density at radius 1 is 1.12 bits per heavy atom. The van der Waals surface area contributed by atoms with Gasteiger partial charge < -0.3 is 0 Å². The van der Waals surface area contributed by atoms with Crippen LogP contribution in [0.3, 0.4) is 0 Å². The van der Waals surface area contributed by atoms with Gasteiger partial charge in [-0.1, -0.05) is 11.6 Å². The molecule has 4 heterocycles. The van der Waals surface area contributed by atoms with E-state index < -0.39 is 33.5 Å². The molecule has 3 atom stereocenters. The largest absolute Gasteiger partial charge is 0.333 e. The van der Waals surface area contributed by atoms with Gasteiger partial charge in [-0.2, -0.15) is 13.9 Å². The van der Waals surface area contributed by atoms with Crippen LogP contribution in [0.1, 0.15) is 60.0 Å². The van der Waals surface area contributed by atoms with Gasteiger partial charge in [0.15, 0.2) is 16.7 Å². The molecule has 42 heavy (non-hydrogen) atoms. The SMILES string of the molecule is Cc1cnc(-c2ccnc(S(C)(=O)=NC3CC3)c2F)c(F)c1-n1c(C)cc([C@@H]2CC2c2cnn(C(F)F)c2)c(Cl)c1=O. The molecule has 220 valence electrons. The Labute approximate surface area is 243 Å². The van der Waals surface area contributed by atoms with Crippen LogP contribution in [0, 0.1) is 25.5 Å². The average molecular weight is 621 g/mol. The number of hydrogen-bond donors (Lipinski definition) is 0. The molecule has 6 rings (SSSR count). The van der Waals surface area contributed by atoms with E-state index in [1.54, 1.807) is 19.9 Å². The van der Waals surface area contributed by atoms with Crippen molar-refractivity contribution in [2.45, 2.75) is 62.6 Å². The van der Waals surface area contributed by atoms with Crippen LogP contribution in [0.4, 0.5) is 17.6 Å². The molecule has 4 aromatic rings. The zero-order valence-corrected chi connectivity index (χ0v) is 24.3. The molecule has 2 unspecified atom stereocenters. The van der Waals surface area contributed by atoms with Gasteiger partial charge in [-0.15, -0.1) is 0 Å². The molecule has 2 saturated carbocycles. The Balaban J connectivity index is 1.41. The van der Waals surface area contributed by atoms with Crippen molar-refractivity contribution in [1.29, 1.82) is 0 Å². The molecule has 2 fully saturated rings. The van der Waals surface area contributed by atoms with Gasteiger partial charge in [-0.3, -0.25) is 14.3 Å². The van der Waals surface area contributed by atoms with Crippen LogP contribution in [0.5, 0.6) is 0 Å². The lowest BCUT2D eigenvalue weighted by Crippen LogP contribution is -2.24. The molecule has 0 spiro atoms. The summed E-state index contributed by atoms with van der Waals surface area (Å²) >= 11 is 6.54. The lowest BCUT2D eigenvalue weighted by Gasteiger charge is -2.18. The van der Waals surface area contributed by atoms with Gasteiger partial charge in [0.25, 0.3) is 5.56 Å². The minimum Gasteiger partial charge on any atom is -0.277 e. The predicted octanol–water partition coefficient (Wildman–Crippen LogP) is 6.32. The fourth-order valence-corrected chi connectivity index (χ4v) is 7.11. The quantitative estimate of drug-likeness (QED) is 0.225. The lowest BCUT2D eigenvalue weighted by molar-refractivity contribution is 0.0565. The van der Waals surface area contributed by atoms with E-state index in [0.717, 1.165) is 17.4 Å². The lowest BCUT2D eigenvalue weighted by atomic mass is 10.1. The van der Waals surface area contributed by atoms with E-state index >= 15 is 8.78 Å². The van der Waals surface area contributed by atoms with Crippen LogP contribution in [-0.2, 0) is 9.73 Å². The fourth-order valence-electron chi connectivity index (χ4n) is 5.25. The van der Waals surface area contributed by atoms with Crippen LogP contribution in [-0.4, -0.2) is 40.8 Å². The maximum absolute atomic E-state index is 16.2. The monoisotopic (exact) mass is 620 g/mol. The number of halogens is 5.